The number of carbonyl (C=O) groups is 1. The van der Waals surface area contributed by atoms with Gasteiger partial charge < -0.3 is 5.11 Å². The standard InChI is InChI=1S/C14H13NO2S/c1-10-2-4-11(5-3-10)9-18-13-7-6-12(8-15-13)14(16)17/h2-8H,9H2,1H3,(H,16,17). The molecule has 0 unspecified atom stereocenters. The molecular weight excluding hydrogens is 246 g/mol. The van der Waals surface area contributed by atoms with Crippen molar-refractivity contribution in [2.75, 3.05) is 0 Å². The highest BCUT2D eigenvalue weighted by molar-refractivity contribution is 7.98. The van der Waals surface area contributed by atoms with Gasteiger partial charge in [-0.3, -0.25) is 0 Å². The first-order valence-electron chi connectivity index (χ1n) is 5.53. The predicted molar refractivity (Wildman–Crippen MR) is 71.9 cm³/mol. The Bertz CT molecular complexity index is 535. The van der Waals surface area contributed by atoms with E-state index >= 15 is 0 Å². The van der Waals surface area contributed by atoms with Crippen molar-refractivity contribution in [2.24, 2.45) is 0 Å². The second-order valence-electron chi connectivity index (χ2n) is 3.96. The lowest BCUT2D eigenvalue weighted by atomic mass is 10.2. The highest BCUT2D eigenvalue weighted by atomic mass is 32.2. The quantitative estimate of drug-likeness (QED) is 0.855. The van der Waals surface area contributed by atoms with Crippen molar-refractivity contribution in [3.05, 3.63) is 59.3 Å². The van der Waals surface area contributed by atoms with Crippen molar-refractivity contribution < 1.29 is 9.90 Å². The van der Waals surface area contributed by atoms with Gasteiger partial charge in [0.25, 0.3) is 0 Å². The molecule has 3 nitrogen and oxygen atoms in total. The van der Waals surface area contributed by atoms with E-state index in [2.05, 4.69) is 36.2 Å². The lowest BCUT2D eigenvalue weighted by molar-refractivity contribution is 0.0696. The molecule has 0 aliphatic heterocycles. The van der Waals surface area contributed by atoms with Crippen molar-refractivity contribution in [1.29, 1.82) is 0 Å². The van der Waals surface area contributed by atoms with Gasteiger partial charge in [0.15, 0.2) is 0 Å². The molecule has 0 amide bonds. The topological polar surface area (TPSA) is 50.2 Å². The Balaban J connectivity index is 1.97. The number of hydrogen-bond acceptors (Lipinski definition) is 3. The first-order valence-corrected chi connectivity index (χ1v) is 6.51. The third-order valence-corrected chi connectivity index (χ3v) is 3.51. The summed E-state index contributed by atoms with van der Waals surface area (Å²) in [6.45, 7) is 2.06. The molecule has 0 bridgehead atoms. The van der Waals surface area contributed by atoms with Crippen molar-refractivity contribution in [3.8, 4) is 0 Å². The minimum atomic E-state index is -0.947. The zero-order valence-corrected chi connectivity index (χ0v) is 10.8. The van der Waals surface area contributed by atoms with Crippen molar-refractivity contribution in [3.63, 3.8) is 0 Å². The van der Waals surface area contributed by atoms with E-state index in [9.17, 15) is 4.79 Å². The van der Waals surface area contributed by atoms with E-state index in [1.165, 1.54) is 17.3 Å². The molecule has 2 rings (SSSR count). The molecule has 92 valence electrons. The second-order valence-corrected chi connectivity index (χ2v) is 4.96. The number of thioether (sulfide) groups is 1. The molecule has 1 aromatic heterocycles. The third-order valence-electron chi connectivity index (χ3n) is 2.49. The Labute approximate surface area is 110 Å². The summed E-state index contributed by atoms with van der Waals surface area (Å²) >= 11 is 1.60. The van der Waals surface area contributed by atoms with E-state index < -0.39 is 5.97 Å². The Morgan fingerprint density at radius 2 is 1.94 bits per heavy atom. The number of hydrogen-bond donors (Lipinski definition) is 1. The molecule has 0 aliphatic carbocycles. The van der Waals surface area contributed by atoms with Gasteiger partial charge in [-0.1, -0.05) is 29.8 Å². The number of pyridine rings is 1. The number of nitrogens with zero attached hydrogens (tertiary/aromatic N) is 1. The van der Waals surface area contributed by atoms with Crippen LogP contribution in [-0.4, -0.2) is 16.1 Å². The van der Waals surface area contributed by atoms with E-state index in [0.29, 0.717) is 0 Å². The first-order chi connectivity index (χ1) is 8.65. The molecule has 4 heteroatoms. The average molecular weight is 259 g/mol. The van der Waals surface area contributed by atoms with Crippen LogP contribution in [0.5, 0.6) is 0 Å². The van der Waals surface area contributed by atoms with Gasteiger partial charge in [0.1, 0.15) is 0 Å². The Morgan fingerprint density at radius 3 is 2.50 bits per heavy atom. The maximum Gasteiger partial charge on any atom is 0.337 e. The molecule has 0 radical (unpaired) electrons. The minimum Gasteiger partial charge on any atom is -0.478 e. The zero-order valence-electron chi connectivity index (χ0n) is 9.96. The average Bonchev–Trinajstić information content (AvgIpc) is 2.38. The van der Waals surface area contributed by atoms with Crippen molar-refractivity contribution >= 4 is 17.7 Å². The number of aromatic carboxylic acids is 1. The van der Waals surface area contributed by atoms with Gasteiger partial charge in [-0.25, -0.2) is 9.78 Å². The number of aryl methyl sites for hydroxylation is 1. The maximum absolute atomic E-state index is 10.7. The number of rotatable bonds is 4. The monoisotopic (exact) mass is 259 g/mol. The lowest BCUT2D eigenvalue weighted by Crippen LogP contribution is -1.96. The van der Waals surface area contributed by atoms with Crippen molar-refractivity contribution in [1.82, 2.24) is 4.98 Å². The summed E-state index contributed by atoms with van der Waals surface area (Å²) < 4.78 is 0. The number of carboxylic acids is 1. The number of benzene rings is 1. The number of aromatic nitrogens is 1. The molecular formula is C14H13NO2S. The van der Waals surface area contributed by atoms with Crippen LogP contribution in [0.1, 0.15) is 21.5 Å². The molecule has 0 atom stereocenters. The summed E-state index contributed by atoms with van der Waals surface area (Å²) in [5, 5.41) is 9.60. The molecule has 18 heavy (non-hydrogen) atoms. The van der Waals surface area contributed by atoms with Gasteiger partial charge in [0.05, 0.1) is 10.6 Å². The van der Waals surface area contributed by atoms with Gasteiger partial charge in [0, 0.05) is 11.9 Å². The molecule has 1 N–H and O–H groups in total. The van der Waals surface area contributed by atoms with E-state index in [4.69, 9.17) is 5.11 Å². The van der Waals surface area contributed by atoms with Crippen LogP contribution in [-0.2, 0) is 5.75 Å². The first kappa shape index (κ1) is 12.6. The van der Waals surface area contributed by atoms with Gasteiger partial charge in [-0.15, -0.1) is 11.8 Å². The van der Waals surface area contributed by atoms with Crippen LogP contribution in [0.3, 0.4) is 0 Å². The van der Waals surface area contributed by atoms with Crippen LogP contribution in [0.4, 0.5) is 0 Å². The predicted octanol–water partition coefficient (Wildman–Crippen LogP) is 3.38. The normalized spacial score (nSPS) is 10.3. The molecule has 0 saturated heterocycles. The van der Waals surface area contributed by atoms with Crippen LogP contribution in [0.2, 0.25) is 0 Å². The molecule has 1 aromatic carbocycles. The second kappa shape index (κ2) is 5.69. The van der Waals surface area contributed by atoms with E-state index in [1.807, 2.05) is 0 Å². The van der Waals surface area contributed by atoms with Gasteiger partial charge in [-0.05, 0) is 24.6 Å². The number of carboxylic acid groups (broad SMARTS) is 1. The fourth-order valence-corrected chi connectivity index (χ4v) is 2.23. The van der Waals surface area contributed by atoms with E-state index in [0.717, 1.165) is 10.8 Å². The molecule has 0 aliphatic rings. The Kier molecular flexibility index (Phi) is 3.99. The zero-order chi connectivity index (χ0) is 13.0. The maximum atomic E-state index is 10.7. The van der Waals surface area contributed by atoms with Crippen LogP contribution in [0.25, 0.3) is 0 Å². The minimum absolute atomic E-state index is 0.217. The largest absolute Gasteiger partial charge is 0.478 e. The Morgan fingerprint density at radius 1 is 1.22 bits per heavy atom. The highest BCUT2D eigenvalue weighted by Gasteiger charge is 2.03. The van der Waals surface area contributed by atoms with Crippen LogP contribution in [0.15, 0.2) is 47.6 Å². The van der Waals surface area contributed by atoms with E-state index in [-0.39, 0.29) is 5.56 Å². The van der Waals surface area contributed by atoms with E-state index in [1.54, 1.807) is 23.9 Å². The summed E-state index contributed by atoms with van der Waals surface area (Å²) in [6, 6.07) is 11.7. The fourth-order valence-electron chi connectivity index (χ4n) is 1.43. The Hall–Kier alpha value is -1.81. The van der Waals surface area contributed by atoms with Crippen molar-refractivity contribution in [2.45, 2.75) is 17.7 Å². The van der Waals surface area contributed by atoms with Crippen LogP contribution < -0.4 is 0 Å². The summed E-state index contributed by atoms with van der Waals surface area (Å²) in [6.07, 6.45) is 1.39. The van der Waals surface area contributed by atoms with Crippen LogP contribution >= 0.6 is 11.8 Å². The van der Waals surface area contributed by atoms with Gasteiger partial charge in [0.2, 0.25) is 0 Å². The van der Waals surface area contributed by atoms with Crippen LogP contribution in [0, 0.1) is 6.92 Å². The molecule has 2 aromatic rings. The smallest absolute Gasteiger partial charge is 0.337 e. The summed E-state index contributed by atoms with van der Waals surface area (Å²) in [5.41, 5.74) is 2.69. The van der Waals surface area contributed by atoms with Gasteiger partial charge in [-0.2, -0.15) is 0 Å². The summed E-state index contributed by atoms with van der Waals surface area (Å²) in [4.78, 5) is 14.8. The lowest BCUT2D eigenvalue weighted by Gasteiger charge is -2.02. The molecule has 0 spiro atoms. The molecule has 0 fully saturated rings. The molecule has 1 heterocycles. The molecule has 0 saturated carbocycles. The highest BCUT2D eigenvalue weighted by Crippen LogP contribution is 2.21. The third kappa shape index (κ3) is 3.34. The summed E-state index contributed by atoms with van der Waals surface area (Å²) in [7, 11) is 0. The SMILES string of the molecule is Cc1ccc(CSc2ccc(C(=O)O)cn2)cc1. The summed E-state index contributed by atoms with van der Waals surface area (Å²) in [5.74, 6) is -0.114. The fraction of sp³-hybridized carbons (Fsp3) is 0.143. The van der Waals surface area contributed by atoms with Gasteiger partial charge >= 0.3 is 5.97 Å².